The number of aryl methyl sites for hydroxylation is 1. The van der Waals surface area contributed by atoms with Crippen molar-refractivity contribution in [3.05, 3.63) is 70.0 Å². The highest BCUT2D eigenvalue weighted by molar-refractivity contribution is 6.03. The fourth-order valence-electron chi connectivity index (χ4n) is 3.26. The van der Waals surface area contributed by atoms with E-state index in [2.05, 4.69) is 17.2 Å². The van der Waals surface area contributed by atoms with Crippen molar-refractivity contribution < 1.29 is 14.3 Å². The maximum Gasteiger partial charge on any atom is 0.248 e. The molecule has 0 saturated heterocycles. The minimum absolute atomic E-state index is 0.137. The normalized spacial score (nSPS) is 12.6. The number of ether oxygens (including phenoxy) is 2. The first-order valence-electron chi connectivity index (χ1n) is 9.17. The van der Waals surface area contributed by atoms with Gasteiger partial charge in [0, 0.05) is 23.2 Å². The lowest BCUT2D eigenvalue weighted by molar-refractivity contribution is -0.111. The molecule has 0 unspecified atom stereocenters. The number of rotatable bonds is 5. The molecule has 0 saturated carbocycles. The molecule has 1 amide bonds. The third-order valence-electron chi connectivity index (χ3n) is 4.54. The third kappa shape index (κ3) is 3.76. The summed E-state index contributed by atoms with van der Waals surface area (Å²) in [4.78, 5) is 27.0. The van der Waals surface area contributed by atoms with Gasteiger partial charge in [-0.15, -0.1) is 0 Å². The fraction of sp³-hybridized carbons (Fsp3) is 0.182. The number of hydrogen-bond acceptors (Lipinski definition) is 4. The predicted molar refractivity (Wildman–Crippen MR) is 109 cm³/mol. The van der Waals surface area contributed by atoms with Crippen LogP contribution in [0.4, 0.5) is 5.69 Å². The van der Waals surface area contributed by atoms with Crippen molar-refractivity contribution in [2.75, 3.05) is 12.1 Å². The molecular weight excluding hydrogens is 356 g/mol. The molecule has 0 aliphatic carbocycles. The minimum atomic E-state index is -0.260. The number of carbonyl (C=O) groups is 1. The van der Waals surface area contributed by atoms with E-state index in [-0.39, 0.29) is 18.3 Å². The van der Waals surface area contributed by atoms with Crippen LogP contribution in [0.1, 0.15) is 24.5 Å². The van der Waals surface area contributed by atoms with E-state index in [1.165, 1.54) is 6.08 Å². The number of aromatic nitrogens is 1. The SMILES string of the molecule is CCCc1cc(=O)[nH]c2cc(NC(=O)/C=C\c3ccc4c(c3)OCO4)ccc12. The topological polar surface area (TPSA) is 80.4 Å². The summed E-state index contributed by atoms with van der Waals surface area (Å²) in [5.74, 6) is 1.11. The Labute approximate surface area is 161 Å². The molecule has 6 heteroatoms. The lowest BCUT2D eigenvalue weighted by Gasteiger charge is -2.08. The van der Waals surface area contributed by atoms with E-state index in [9.17, 15) is 9.59 Å². The van der Waals surface area contributed by atoms with Crippen LogP contribution in [-0.4, -0.2) is 17.7 Å². The lowest BCUT2D eigenvalue weighted by atomic mass is 10.0. The Kier molecular flexibility index (Phi) is 4.85. The van der Waals surface area contributed by atoms with Crippen LogP contribution in [0.3, 0.4) is 0 Å². The molecular formula is C22H20N2O4. The quantitative estimate of drug-likeness (QED) is 0.663. The van der Waals surface area contributed by atoms with Gasteiger partial charge in [-0.2, -0.15) is 0 Å². The Morgan fingerprint density at radius 1 is 1.14 bits per heavy atom. The monoisotopic (exact) mass is 376 g/mol. The van der Waals surface area contributed by atoms with Crippen LogP contribution in [0, 0.1) is 0 Å². The smallest absolute Gasteiger partial charge is 0.248 e. The molecule has 1 aliphatic rings. The summed E-state index contributed by atoms with van der Waals surface area (Å²) in [5, 5.41) is 3.82. The predicted octanol–water partition coefficient (Wildman–Crippen LogP) is 3.86. The molecule has 1 aliphatic heterocycles. The Morgan fingerprint density at radius 2 is 2.00 bits per heavy atom. The van der Waals surface area contributed by atoms with E-state index in [1.54, 1.807) is 18.2 Å². The highest BCUT2D eigenvalue weighted by Crippen LogP contribution is 2.32. The summed E-state index contributed by atoms with van der Waals surface area (Å²) in [7, 11) is 0. The molecule has 1 aromatic heterocycles. The van der Waals surface area contributed by atoms with Gasteiger partial charge in [-0.1, -0.05) is 25.5 Å². The van der Waals surface area contributed by atoms with Gasteiger partial charge in [0.05, 0.1) is 5.52 Å². The zero-order valence-electron chi connectivity index (χ0n) is 15.5. The number of nitrogens with one attached hydrogen (secondary N) is 2. The summed E-state index contributed by atoms with van der Waals surface area (Å²) < 4.78 is 10.6. The van der Waals surface area contributed by atoms with Gasteiger partial charge in [0.1, 0.15) is 0 Å². The van der Waals surface area contributed by atoms with Crippen molar-refractivity contribution >= 4 is 28.6 Å². The summed E-state index contributed by atoms with van der Waals surface area (Å²) in [6.07, 6.45) is 4.96. The van der Waals surface area contributed by atoms with Crippen LogP contribution < -0.4 is 20.3 Å². The summed E-state index contributed by atoms with van der Waals surface area (Å²) in [6, 6.07) is 12.7. The van der Waals surface area contributed by atoms with Crippen LogP contribution in [0.15, 0.2) is 53.3 Å². The molecule has 2 heterocycles. The maximum absolute atomic E-state index is 12.3. The Bertz CT molecular complexity index is 1130. The second kappa shape index (κ2) is 7.60. The number of aromatic amines is 1. The summed E-state index contributed by atoms with van der Waals surface area (Å²) in [6.45, 7) is 2.29. The van der Waals surface area contributed by atoms with Gasteiger partial charge >= 0.3 is 0 Å². The molecule has 0 bridgehead atoms. The van der Waals surface area contributed by atoms with Crippen LogP contribution in [0.5, 0.6) is 11.5 Å². The van der Waals surface area contributed by atoms with E-state index < -0.39 is 0 Å². The number of amides is 1. The average Bonchev–Trinajstić information content (AvgIpc) is 3.14. The largest absolute Gasteiger partial charge is 0.454 e. The molecule has 2 N–H and O–H groups in total. The lowest BCUT2D eigenvalue weighted by Crippen LogP contribution is -2.09. The highest BCUT2D eigenvalue weighted by atomic mass is 16.7. The Hall–Kier alpha value is -3.54. The van der Waals surface area contributed by atoms with Crippen LogP contribution in [0.2, 0.25) is 0 Å². The van der Waals surface area contributed by atoms with Gasteiger partial charge in [-0.25, -0.2) is 0 Å². The second-order valence-corrected chi connectivity index (χ2v) is 6.60. The zero-order chi connectivity index (χ0) is 19.5. The molecule has 0 atom stereocenters. The van der Waals surface area contributed by atoms with Gasteiger partial charge in [0.2, 0.25) is 18.3 Å². The maximum atomic E-state index is 12.3. The van der Waals surface area contributed by atoms with Crippen molar-refractivity contribution in [3.8, 4) is 11.5 Å². The standard InChI is InChI=1S/C22H20N2O4/c1-2-3-15-11-22(26)24-18-12-16(6-7-17(15)18)23-21(25)9-5-14-4-8-19-20(10-14)28-13-27-19/h4-12H,2-3,13H2,1H3,(H,23,25)(H,24,26)/b9-5-. The molecule has 3 aromatic rings. The van der Waals surface area contributed by atoms with Crippen molar-refractivity contribution in [3.63, 3.8) is 0 Å². The van der Waals surface area contributed by atoms with Crippen molar-refractivity contribution in [2.45, 2.75) is 19.8 Å². The van der Waals surface area contributed by atoms with Gasteiger partial charge in [-0.05, 0) is 47.9 Å². The Morgan fingerprint density at radius 3 is 2.86 bits per heavy atom. The molecule has 0 spiro atoms. The fourth-order valence-corrected chi connectivity index (χ4v) is 3.26. The van der Waals surface area contributed by atoms with Crippen LogP contribution >= 0.6 is 0 Å². The molecule has 0 fully saturated rings. The molecule has 4 rings (SSSR count). The molecule has 142 valence electrons. The van der Waals surface area contributed by atoms with Gasteiger partial charge in [-0.3, -0.25) is 9.59 Å². The van der Waals surface area contributed by atoms with E-state index in [4.69, 9.17) is 9.47 Å². The first kappa shape index (κ1) is 17.9. The second-order valence-electron chi connectivity index (χ2n) is 6.60. The first-order valence-corrected chi connectivity index (χ1v) is 9.17. The van der Waals surface area contributed by atoms with Gasteiger partial charge in [0.15, 0.2) is 11.5 Å². The molecule has 6 nitrogen and oxygen atoms in total. The number of hydrogen-bond donors (Lipinski definition) is 2. The van der Waals surface area contributed by atoms with Crippen molar-refractivity contribution in [1.82, 2.24) is 4.98 Å². The first-order chi connectivity index (χ1) is 13.6. The number of H-pyrrole nitrogens is 1. The van der Waals surface area contributed by atoms with E-state index in [1.807, 2.05) is 30.3 Å². The zero-order valence-corrected chi connectivity index (χ0v) is 15.5. The molecule has 2 aromatic carbocycles. The van der Waals surface area contributed by atoms with E-state index in [0.717, 1.165) is 29.4 Å². The van der Waals surface area contributed by atoms with E-state index >= 15 is 0 Å². The number of pyridine rings is 1. The van der Waals surface area contributed by atoms with Crippen LogP contribution in [0.25, 0.3) is 17.0 Å². The number of benzene rings is 2. The number of carbonyl (C=O) groups excluding carboxylic acids is 1. The highest BCUT2D eigenvalue weighted by Gasteiger charge is 2.12. The summed E-state index contributed by atoms with van der Waals surface area (Å²) >= 11 is 0. The van der Waals surface area contributed by atoms with Crippen molar-refractivity contribution in [1.29, 1.82) is 0 Å². The number of anilines is 1. The van der Waals surface area contributed by atoms with Crippen molar-refractivity contribution in [2.24, 2.45) is 0 Å². The molecule has 0 radical (unpaired) electrons. The Balaban J connectivity index is 1.51. The van der Waals surface area contributed by atoms with Gasteiger partial charge < -0.3 is 19.8 Å². The third-order valence-corrected chi connectivity index (χ3v) is 4.54. The summed E-state index contributed by atoms with van der Waals surface area (Å²) in [5.41, 5.74) is 3.06. The molecule has 28 heavy (non-hydrogen) atoms. The average molecular weight is 376 g/mol. The minimum Gasteiger partial charge on any atom is -0.454 e. The van der Waals surface area contributed by atoms with Gasteiger partial charge in [0.25, 0.3) is 0 Å². The van der Waals surface area contributed by atoms with Crippen LogP contribution in [-0.2, 0) is 11.2 Å². The number of fused-ring (bicyclic) bond motifs is 2. The van der Waals surface area contributed by atoms with E-state index in [0.29, 0.717) is 22.7 Å².